The highest BCUT2D eigenvalue weighted by Gasteiger charge is 2.08. The third-order valence-electron chi connectivity index (χ3n) is 1.91. The third kappa shape index (κ3) is 4.83. The van der Waals surface area contributed by atoms with Gasteiger partial charge < -0.3 is 9.84 Å². The summed E-state index contributed by atoms with van der Waals surface area (Å²) in [5.74, 6) is 0.754. The van der Waals surface area contributed by atoms with Crippen molar-refractivity contribution in [2.75, 3.05) is 27.3 Å². The van der Waals surface area contributed by atoms with E-state index in [1.165, 1.54) is 0 Å². The number of aromatic nitrogens is 2. The van der Waals surface area contributed by atoms with Crippen LogP contribution in [0.2, 0.25) is 0 Å². The maximum Gasteiger partial charge on any atom is 0.142 e. The average molecular weight is 211 g/mol. The van der Waals surface area contributed by atoms with Crippen LogP contribution in [0.1, 0.15) is 5.82 Å². The van der Waals surface area contributed by atoms with Gasteiger partial charge in [0.05, 0.1) is 19.3 Å². The first-order valence-corrected chi connectivity index (χ1v) is 4.84. The summed E-state index contributed by atoms with van der Waals surface area (Å²) in [6, 6.07) is 1.78. The maximum atomic E-state index is 9.49. The van der Waals surface area contributed by atoms with Gasteiger partial charge in [0.1, 0.15) is 5.82 Å². The van der Waals surface area contributed by atoms with Crippen molar-refractivity contribution in [1.82, 2.24) is 14.9 Å². The first-order chi connectivity index (χ1) is 7.22. The first-order valence-electron chi connectivity index (χ1n) is 4.84. The molecule has 0 bridgehead atoms. The topological polar surface area (TPSA) is 58.5 Å². The van der Waals surface area contributed by atoms with Crippen LogP contribution >= 0.6 is 0 Å². The first kappa shape index (κ1) is 12.0. The lowest BCUT2D eigenvalue weighted by molar-refractivity contribution is 0.0414. The summed E-state index contributed by atoms with van der Waals surface area (Å²) in [4.78, 5) is 10.2. The van der Waals surface area contributed by atoms with E-state index in [9.17, 15) is 5.11 Å². The van der Waals surface area contributed by atoms with Crippen LogP contribution in [-0.2, 0) is 11.3 Å². The van der Waals surface area contributed by atoms with Crippen molar-refractivity contribution in [3.63, 3.8) is 0 Å². The van der Waals surface area contributed by atoms with E-state index >= 15 is 0 Å². The molecule has 1 aromatic rings. The molecule has 0 saturated carbocycles. The Labute approximate surface area is 89.7 Å². The summed E-state index contributed by atoms with van der Waals surface area (Å²) in [6.07, 6.45) is 2.95. The Kier molecular flexibility index (Phi) is 5.17. The van der Waals surface area contributed by atoms with Crippen molar-refractivity contribution in [2.45, 2.75) is 12.6 Å². The minimum Gasteiger partial charge on any atom is -0.389 e. The molecule has 0 spiro atoms. The number of methoxy groups -OCH3 is 1. The molecule has 5 nitrogen and oxygen atoms in total. The van der Waals surface area contributed by atoms with E-state index in [-0.39, 0.29) is 0 Å². The second kappa shape index (κ2) is 6.44. The molecule has 15 heavy (non-hydrogen) atoms. The van der Waals surface area contributed by atoms with Crippen LogP contribution in [0.4, 0.5) is 0 Å². The van der Waals surface area contributed by atoms with Gasteiger partial charge in [-0.25, -0.2) is 9.97 Å². The Morgan fingerprint density at radius 2 is 2.13 bits per heavy atom. The molecule has 1 rings (SSSR count). The van der Waals surface area contributed by atoms with Crippen LogP contribution in [0.3, 0.4) is 0 Å². The van der Waals surface area contributed by atoms with E-state index in [2.05, 4.69) is 9.97 Å². The van der Waals surface area contributed by atoms with Gasteiger partial charge in [-0.15, -0.1) is 0 Å². The molecular formula is C10H17N3O2. The molecule has 0 aliphatic rings. The van der Waals surface area contributed by atoms with E-state index in [1.807, 2.05) is 11.9 Å². The quantitative estimate of drug-likeness (QED) is 0.713. The molecule has 1 N–H and O–H groups in total. The van der Waals surface area contributed by atoms with Gasteiger partial charge in [0.2, 0.25) is 0 Å². The van der Waals surface area contributed by atoms with Crippen LogP contribution in [0.25, 0.3) is 0 Å². The second-order valence-electron chi connectivity index (χ2n) is 3.47. The normalized spacial score (nSPS) is 13.1. The van der Waals surface area contributed by atoms with Crippen molar-refractivity contribution >= 4 is 0 Å². The summed E-state index contributed by atoms with van der Waals surface area (Å²) in [6.45, 7) is 1.52. The van der Waals surface area contributed by atoms with Gasteiger partial charge in [-0.2, -0.15) is 0 Å². The molecule has 0 radical (unpaired) electrons. The van der Waals surface area contributed by atoms with Crippen LogP contribution < -0.4 is 0 Å². The molecule has 1 unspecified atom stereocenters. The van der Waals surface area contributed by atoms with Crippen LogP contribution in [0.15, 0.2) is 18.5 Å². The number of likely N-dealkylation sites (N-methyl/N-ethyl adjacent to an activating group) is 1. The largest absolute Gasteiger partial charge is 0.389 e. The van der Waals surface area contributed by atoms with Crippen LogP contribution in [0.5, 0.6) is 0 Å². The Balaban J connectivity index is 2.33. The molecule has 0 aliphatic heterocycles. The number of ether oxygens (including phenoxy) is 1. The van der Waals surface area contributed by atoms with Crippen molar-refractivity contribution in [3.8, 4) is 0 Å². The molecule has 0 aromatic carbocycles. The minimum absolute atomic E-state index is 0.347. The molecule has 1 atom stereocenters. The zero-order valence-corrected chi connectivity index (χ0v) is 9.13. The SMILES string of the molecule is COCC(O)CN(C)Cc1ncccn1. The van der Waals surface area contributed by atoms with Gasteiger partial charge in [-0.05, 0) is 13.1 Å². The molecule has 5 heteroatoms. The van der Waals surface area contributed by atoms with Gasteiger partial charge in [0.25, 0.3) is 0 Å². The van der Waals surface area contributed by atoms with Gasteiger partial charge in [0.15, 0.2) is 0 Å². The number of rotatable bonds is 6. The molecule has 1 aromatic heterocycles. The number of aliphatic hydroxyl groups excluding tert-OH is 1. The van der Waals surface area contributed by atoms with E-state index in [0.29, 0.717) is 19.7 Å². The van der Waals surface area contributed by atoms with E-state index in [0.717, 1.165) is 5.82 Å². The maximum absolute atomic E-state index is 9.49. The molecule has 0 aliphatic carbocycles. The molecule has 1 heterocycles. The predicted molar refractivity (Wildman–Crippen MR) is 56.2 cm³/mol. The Morgan fingerprint density at radius 1 is 1.47 bits per heavy atom. The molecule has 0 fully saturated rings. The fourth-order valence-corrected chi connectivity index (χ4v) is 1.32. The third-order valence-corrected chi connectivity index (χ3v) is 1.91. The van der Waals surface area contributed by atoms with Gasteiger partial charge in [0, 0.05) is 26.0 Å². The van der Waals surface area contributed by atoms with E-state index < -0.39 is 6.10 Å². The minimum atomic E-state index is -0.469. The Bertz CT molecular complexity index is 269. The summed E-state index contributed by atoms with van der Waals surface area (Å²) >= 11 is 0. The van der Waals surface area contributed by atoms with Crippen molar-refractivity contribution in [2.24, 2.45) is 0 Å². The zero-order valence-electron chi connectivity index (χ0n) is 9.13. The molecule has 84 valence electrons. The van der Waals surface area contributed by atoms with E-state index in [1.54, 1.807) is 25.6 Å². The van der Waals surface area contributed by atoms with Gasteiger partial charge >= 0.3 is 0 Å². The summed E-state index contributed by atoms with van der Waals surface area (Å²) < 4.78 is 4.85. The van der Waals surface area contributed by atoms with Gasteiger partial charge in [-0.3, -0.25) is 4.90 Å². The number of hydrogen-bond donors (Lipinski definition) is 1. The van der Waals surface area contributed by atoms with Gasteiger partial charge in [-0.1, -0.05) is 0 Å². The van der Waals surface area contributed by atoms with Crippen molar-refractivity contribution < 1.29 is 9.84 Å². The average Bonchev–Trinajstić information content (AvgIpc) is 2.19. The number of aliphatic hydroxyl groups is 1. The monoisotopic (exact) mass is 211 g/mol. The second-order valence-corrected chi connectivity index (χ2v) is 3.47. The highest BCUT2D eigenvalue weighted by Crippen LogP contribution is 1.96. The van der Waals surface area contributed by atoms with Crippen molar-refractivity contribution in [3.05, 3.63) is 24.3 Å². The number of nitrogens with zero attached hydrogens (tertiary/aromatic N) is 3. The zero-order chi connectivity index (χ0) is 11.1. The Morgan fingerprint density at radius 3 is 2.73 bits per heavy atom. The number of hydrogen-bond acceptors (Lipinski definition) is 5. The summed E-state index contributed by atoms with van der Waals surface area (Å²) in [5, 5.41) is 9.49. The fraction of sp³-hybridized carbons (Fsp3) is 0.600. The van der Waals surface area contributed by atoms with Crippen LogP contribution in [-0.4, -0.2) is 53.4 Å². The fourth-order valence-electron chi connectivity index (χ4n) is 1.32. The lowest BCUT2D eigenvalue weighted by Gasteiger charge is -2.18. The highest BCUT2D eigenvalue weighted by atomic mass is 16.5. The molecular weight excluding hydrogens is 194 g/mol. The lowest BCUT2D eigenvalue weighted by atomic mass is 10.3. The highest BCUT2D eigenvalue weighted by molar-refractivity contribution is 4.88. The van der Waals surface area contributed by atoms with Crippen LogP contribution in [0, 0.1) is 0 Å². The predicted octanol–water partition coefficient (Wildman–Crippen LogP) is -0.0843. The Hall–Kier alpha value is -1.04. The summed E-state index contributed by atoms with van der Waals surface area (Å²) in [5.41, 5.74) is 0. The van der Waals surface area contributed by atoms with E-state index in [4.69, 9.17) is 4.74 Å². The molecule has 0 saturated heterocycles. The lowest BCUT2D eigenvalue weighted by Crippen LogP contribution is -2.32. The molecule has 0 amide bonds. The van der Waals surface area contributed by atoms with Crippen molar-refractivity contribution in [1.29, 1.82) is 0 Å². The standard InChI is InChI=1S/C10H17N3O2/c1-13(6-9(14)8-15-2)7-10-11-4-3-5-12-10/h3-5,9,14H,6-8H2,1-2H3. The smallest absolute Gasteiger partial charge is 0.142 e. The summed E-state index contributed by atoms with van der Waals surface area (Å²) in [7, 11) is 3.48.